The number of alkyl carbamates (subject to hydrolysis) is 1. The van der Waals surface area contributed by atoms with Crippen molar-refractivity contribution in [2.45, 2.75) is 32.9 Å². The van der Waals surface area contributed by atoms with E-state index >= 15 is 0 Å². The van der Waals surface area contributed by atoms with Crippen molar-refractivity contribution in [1.82, 2.24) is 5.32 Å². The number of amides is 1. The molecule has 0 saturated heterocycles. The van der Waals surface area contributed by atoms with Gasteiger partial charge in [-0.15, -0.1) is 0 Å². The van der Waals surface area contributed by atoms with Gasteiger partial charge in [-0.1, -0.05) is 50.6 Å². The fourth-order valence-electron chi connectivity index (χ4n) is 2.25. The average Bonchev–Trinajstić information content (AvgIpc) is 2.59. The molecule has 1 aliphatic heterocycles. The Hall–Kier alpha value is -2.17. The minimum absolute atomic E-state index is 0.155. The first-order chi connectivity index (χ1) is 10.7. The third kappa shape index (κ3) is 4.69. The Balaban J connectivity index is 1.93. The van der Waals surface area contributed by atoms with E-state index in [1.54, 1.807) is 6.21 Å². The van der Waals surface area contributed by atoms with Gasteiger partial charge in [0.05, 0.1) is 24.8 Å². The molecule has 0 aromatic heterocycles. The normalized spacial score (nSPS) is 16.5. The Bertz CT molecular complexity index is 540. The molecule has 1 amide bonds. The molecule has 0 bridgehead atoms. The maximum absolute atomic E-state index is 12.1. The van der Waals surface area contributed by atoms with Gasteiger partial charge in [0.25, 0.3) is 0 Å². The molecule has 1 N–H and O–H groups in total. The minimum atomic E-state index is -0.421. The lowest BCUT2D eigenvalue weighted by Gasteiger charge is -2.25. The quantitative estimate of drug-likeness (QED) is 0.878. The Morgan fingerprint density at radius 3 is 2.73 bits per heavy atom. The molecule has 1 heterocycles. The summed E-state index contributed by atoms with van der Waals surface area (Å²) in [7, 11) is 0. The Morgan fingerprint density at radius 2 is 2.09 bits per heavy atom. The lowest BCUT2D eigenvalue weighted by atomic mass is 9.95. The average molecular weight is 301 g/mol. The number of nitrogens with one attached hydrogen (secondary N) is 1. The Labute approximate surface area is 131 Å². The lowest BCUT2D eigenvalue weighted by molar-refractivity contribution is 0.136. The molecule has 5 heteroatoms. The third-order valence-corrected chi connectivity index (χ3v) is 3.76. The molecule has 22 heavy (non-hydrogen) atoms. The fraction of sp³-hybridized carbons (Fsp3) is 0.471. The summed E-state index contributed by atoms with van der Waals surface area (Å²) in [6.45, 7) is 5.84. The van der Waals surface area contributed by atoms with Crippen LogP contribution in [-0.4, -0.2) is 37.2 Å². The van der Waals surface area contributed by atoms with Crippen LogP contribution in [0.25, 0.3) is 0 Å². The van der Waals surface area contributed by atoms with Crippen LogP contribution in [0, 0.1) is 5.92 Å². The van der Waals surface area contributed by atoms with Crippen molar-refractivity contribution in [2.24, 2.45) is 15.9 Å². The highest BCUT2D eigenvalue weighted by atomic mass is 16.5. The molecule has 1 aliphatic rings. The number of aliphatic imine (C=N–C) groups is 2. The zero-order valence-electron chi connectivity index (χ0n) is 13.2. The first-order valence-corrected chi connectivity index (χ1v) is 7.72. The van der Waals surface area contributed by atoms with Gasteiger partial charge in [0.2, 0.25) is 0 Å². The number of hydrogen-bond acceptors (Lipinski definition) is 4. The topological polar surface area (TPSA) is 63.0 Å². The summed E-state index contributed by atoms with van der Waals surface area (Å²) < 4.78 is 5.29. The number of hydrogen-bond donors (Lipinski definition) is 1. The molecule has 0 radical (unpaired) electrons. The van der Waals surface area contributed by atoms with E-state index in [-0.39, 0.29) is 18.6 Å². The predicted octanol–water partition coefficient (Wildman–Crippen LogP) is 2.85. The van der Waals surface area contributed by atoms with Gasteiger partial charge in [-0.25, -0.2) is 4.79 Å². The van der Waals surface area contributed by atoms with E-state index in [1.807, 2.05) is 30.3 Å². The molecule has 118 valence electrons. The monoisotopic (exact) mass is 301 g/mol. The molecular weight excluding hydrogens is 278 g/mol. The highest BCUT2D eigenvalue weighted by molar-refractivity contribution is 6.33. The summed E-state index contributed by atoms with van der Waals surface area (Å²) in [5, 5.41) is 2.92. The predicted molar refractivity (Wildman–Crippen MR) is 88.7 cm³/mol. The molecule has 5 nitrogen and oxygen atoms in total. The van der Waals surface area contributed by atoms with Crippen LogP contribution in [0.5, 0.6) is 0 Å². The van der Waals surface area contributed by atoms with Crippen molar-refractivity contribution in [1.29, 1.82) is 0 Å². The van der Waals surface area contributed by atoms with E-state index in [4.69, 9.17) is 4.74 Å². The Kier molecular flexibility index (Phi) is 6.13. The van der Waals surface area contributed by atoms with Crippen LogP contribution < -0.4 is 5.32 Å². The van der Waals surface area contributed by atoms with Crippen molar-refractivity contribution >= 4 is 18.0 Å². The standard InChI is InChI=1S/C17H23N3O2/c1-3-13(2)16(15-11-18-9-10-19-15)20-17(21)22-12-14-7-5-4-6-8-14/h4-8,11,13,16H,3,9-10,12H2,1-2H3,(H,20,21)/t13-,16-/m0/s1. The largest absolute Gasteiger partial charge is 0.445 e. The zero-order chi connectivity index (χ0) is 15.8. The number of carbonyl (C=O) groups is 1. The SMILES string of the molecule is CC[C@H](C)[C@H](NC(=O)OCc1ccccc1)C1=NCCN=C1. The molecule has 2 atom stereocenters. The number of carbonyl (C=O) groups excluding carboxylic acids is 1. The summed E-state index contributed by atoms with van der Waals surface area (Å²) in [4.78, 5) is 20.8. The van der Waals surface area contributed by atoms with E-state index in [0.717, 1.165) is 24.2 Å². The van der Waals surface area contributed by atoms with Crippen molar-refractivity contribution in [3.05, 3.63) is 35.9 Å². The molecule has 0 aliphatic carbocycles. The van der Waals surface area contributed by atoms with Gasteiger partial charge in [-0.05, 0) is 11.5 Å². The second-order valence-electron chi connectivity index (χ2n) is 5.41. The summed E-state index contributed by atoms with van der Waals surface area (Å²) >= 11 is 0. The first-order valence-electron chi connectivity index (χ1n) is 7.72. The molecule has 0 fully saturated rings. The lowest BCUT2D eigenvalue weighted by Crippen LogP contribution is -2.46. The minimum Gasteiger partial charge on any atom is -0.445 e. The highest BCUT2D eigenvalue weighted by Crippen LogP contribution is 2.11. The van der Waals surface area contributed by atoms with Gasteiger partial charge in [0.1, 0.15) is 6.61 Å². The van der Waals surface area contributed by atoms with Crippen molar-refractivity contribution in [3.63, 3.8) is 0 Å². The van der Waals surface area contributed by atoms with Crippen molar-refractivity contribution in [3.8, 4) is 0 Å². The molecule has 0 spiro atoms. The number of rotatable bonds is 6. The van der Waals surface area contributed by atoms with E-state index in [9.17, 15) is 4.79 Å². The molecule has 2 rings (SSSR count). The van der Waals surface area contributed by atoms with E-state index in [1.165, 1.54) is 0 Å². The van der Waals surface area contributed by atoms with Crippen molar-refractivity contribution < 1.29 is 9.53 Å². The fourth-order valence-corrected chi connectivity index (χ4v) is 2.25. The first kappa shape index (κ1) is 16.2. The van der Waals surface area contributed by atoms with Crippen molar-refractivity contribution in [2.75, 3.05) is 13.1 Å². The van der Waals surface area contributed by atoms with Gasteiger partial charge >= 0.3 is 6.09 Å². The van der Waals surface area contributed by atoms with Gasteiger partial charge in [-0.2, -0.15) is 0 Å². The van der Waals surface area contributed by atoms with Crippen LogP contribution in [0.15, 0.2) is 40.3 Å². The molecule has 1 aromatic rings. The summed E-state index contributed by atoms with van der Waals surface area (Å²) in [6, 6.07) is 9.48. The van der Waals surface area contributed by atoms with Gasteiger partial charge in [0, 0.05) is 6.21 Å². The summed E-state index contributed by atoms with van der Waals surface area (Å²) in [6.07, 6.45) is 2.28. The van der Waals surface area contributed by atoms with E-state index < -0.39 is 6.09 Å². The number of ether oxygens (including phenoxy) is 1. The summed E-state index contributed by atoms with van der Waals surface area (Å²) in [5.74, 6) is 0.271. The highest BCUT2D eigenvalue weighted by Gasteiger charge is 2.24. The van der Waals surface area contributed by atoms with Gasteiger partial charge in [-0.3, -0.25) is 9.98 Å². The maximum Gasteiger partial charge on any atom is 0.408 e. The van der Waals surface area contributed by atoms with Crippen LogP contribution >= 0.6 is 0 Å². The maximum atomic E-state index is 12.1. The smallest absolute Gasteiger partial charge is 0.408 e. The molecular formula is C17H23N3O2. The molecule has 1 aromatic carbocycles. The van der Waals surface area contributed by atoms with Gasteiger partial charge < -0.3 is 10.1 Å². The van der Waals surface area contributed by atoms with E-state index in [0.29, 0.717) is 6.54 Å². The van der Waals surface area contributed by atoms with Gasteiger partial charge in [0.15, 0.2) is 0 Å². The molecule has 0 unspecified atom stereocenters. The van der Waals surface area contributed by atoms with Crippen LogP contribution in [0.2, 0.25) is 0 Å². The zero-order valence-corrected chi connectivity index (χ0v) is 13.2. The van der Waals surface area contributed by atoms with Crippen LogP contribution in [-0.2, 0) is 11.3 Å². The van der Waals surface area contributed by atoms with Crippen LogP contribution in [0.4, 0.5) is 4.79 Å². The van der Waals surface area contributed by atoms with Crippen LogP contribution in [0.1, 0.15) is 25.8 Å². The van der Waals surface area contributed by atoms with Crippen LogP contribution in [0.3, 0.4) is 0 Å². The molecule has 0 saturated carbocycles. The third-order valence-electron chi connectivity index (χ3n) is 3.76. The number of benzene rings is 1. The number of nitrogens with zero attached hydrogens (tertiary/aromatic N) is 2. The van der Waals surface area contributed by atoms with E-state index in [2.05, 4.69) is 29.1 Å². The summed E-state index contributed by atoms with van der Waals surface area (Å²) in [5.41, 5.74) is 1.80. The second-order valence-corrected chi connectivity index (χ2v) is 5.41. The second kappa shape index (κ2) is 8.32. The Morgan fingerprint density at radius 1 is 1.32 bits per heavy atom.